The van der Waals surface area contributed by atoms with E-state index in [0.29, 0.717) is 10.3 Å². The van der Waals surface area contributed by atoms with Gasteiger partial charge < -0.3 is 10.1 Å². The number of amides is 1. The van der Waals surface area contributed by atoms with E-state index in [1.165, 1.54) is 25.4 Å². The van der Waals surface area contributed by atoms with Gasteiger partial charge >= 0.3 is 6.18 Å². The number of ether oxygens (including phenoxy) is 1. The molecule has 0 aliphatic rings. The quantitative estimate of drug-likeness (QED) is 0.347. The average Bonchev–Trinajstić information content (AvgIpc) is 3.17. The van der Waals surface area contributed by atoms with Crippen LogP contribution in [0.1, 0.15) is 21.9 Å². The highest BCUT2D eigenvalue weighted by Gasteiger charge is 2.35. The lowest BCUT2D eigenvalue weighted by molar-refractivity contribution is -0.384. The first-order chi connectivity index (χ1) is 15.6. The average molecular weight is 458 g/mol. The standard InChI is InChI=1S/C20H13F3N6O4/c1-11-5-17(20(21,22)23)28-18(25-11)9-16(27-28)19(30)26-12-6-13(29(31)32)8-15(7-12)33-14-3-2-4-24-10-14/h2-10H,1H3,(H,26,30). The largest absolute Gasteiger partial charge is 0.455 e. The number of nitrogens with zero attached hydrogens (tertiary/aromatic N) is 5. The summed E-state index contributed by atoms with van der Waals surface area (Å²) in [6.45, 7) is 1.38. The SMILES string of the molecule is Cc1cc(C(F)(F)F)n2nc(C(=O)Nc3cc(Oc4cccnc4)cc([N+](=O)[O-])c3)cc2n1. The van der Waals surface area contributed by atoms with Crippen LogP contribution in [-0.4, -0.2) is 30.4 Å². The summed E-state index contributed by atoms with van der Waals surface area (Å²) < 4.78 is 46.0. The Morgan fingerprint density at radius 1 is 1.18 bits per heavy atom. The molecule has 0 bridgehead atoms. The Hall–Kier alpha value is -4.55. The number of nitrogens with one attached hydrogen (secondary N) is 1. The fourth-order valence-electron chi connectivity index (χ4n) is 2.97. The van der Waals surface area contributed by atoms with E-state index in [2.05, 4.69) is 20.4 Å². The molecule has 3 heterocycles. The summed E-state index contributed by atoms with van der Waals surface area (Å²) in [5.74, 6) is -0.546. The van der Waals surface area contributed by atoms with Crippen molar-refractivity contribution in [2.45, 2.75) is 13.1 Å². The van der Waals surface area contributed by atoms with Crippen molar-refractivity contribution in [3.63, 3.8) is 0 Å². The van der Waals surface area contributed by atoms with Crippen LogP contribution >= 0.6 is 0 Å². The Kier molecular flexibility index (Phi) is 5.37. The third kappa shape index (κ3) is 4.71. The van der Waals surface area contributed by atoms with E-state index in [1.807, 2.05) is 0 Å². The molecule has 0 aliphatic heterocycles. The van der Waals surface area contributed by atoms with Gasteiger partial charge in [0.05, 0.1) is 22.9 Å². The van der Waals surface area contributed by atoms with Gasteiger partial charge in [-0.3, -0.25) is 19.9 Å². The zero-order valence-electron chi connectivity index (χ0n) is 16.7. The second-order valence-corrected chi connectivity index (χ2v) is 6.80. The number of aromatic nitrogens is 4. The number of alkyl halides is 3. The topological polar surface area (TPSA) is 125 Å². The van der Waals surface area contributed by atoms with Gasteiger partial charge in [-0.15, -0.1) is 0 Å². The molecule has 0 saturated carbocycles. The minimum Gasteiger partial charge on any atom is -0.455 e. The van der Waals surface area contributed by atoms with Crippen LogP contribution in [0.15, 0.2) is 54.9 Å². The smallest absolute Gasteiger partial charge is 0.433 e. The Morgan fingerprint density at radius 3 is 2.64 bits per heavy atom. The lowest BCUT2D eigenvalue weighted by atomic mass is 10.2. The summed E-state index contributed by atoms with van der Waals surface area (Å²) in [7, 11) is 0. The van der Waals surface area contributed by atoms with Gasteiger partial charge in [0, 0.05) is 30.1 Å². The predicted octanol–water partition coefficient (Wildman–Crippen LogP) is 4.40. The van der Waals surface area contributed by atoms with Crippen molar-refractivity contribution in [1.82, 2.24) is 19.6 Å². The molecule has 0 saturated heterocycles. The molecule has 0 atom stereocenters. The number of non-ortho nitro benzene ring substituents is 1. The summed E-state index contributed by atoms with van der Waals surface area (Å²) in [6, 6.07) is 8.62. The third-order valence-electron chi connectivity index (χ3n) is 4.31. The number of carbonyl (C=O) groups is 1. The van der Waals surface area contributed by atoms with Crippen molar-refractivity contribution in [2.75, 3.05) is 5.32 Å². The number of nitro benzene ring substituents is 1. The van der Waals surface area contributed by atoms with Crippen molar-refractivity contribution < 1.29 is 27.6 Å². The minimum absolute atomic E-state index is 0.0228. The number of pyridine rings is 1. The van der Waals surface area contributed by atoms with Crippen LogP contribution in [0.4, 0.5) is 24.5 Å². The number of benzene rings is 1. The number of hydrogen-bond acceptors (Lipinski definition) is 7. The number of rotatable bonds is 5. The molecule has 1 N–H and O–H groups in total. The molecule has 4 aromatic rings. The van der Waals surface area contributed by atoms with Gasteiger partial charge in [0.2, 0.25) is 0 Å². The molecule has 33 heavy (non-hydrogen) atoms. The van der Waals surface area contributed by atoms with Crippen molar-refractivity contribution in [3.05, 3.63) is 82.1 Å². The summed E-state index contributed by atoms with van der Waals surface area (Å²) >= 11 is 0. The zero-order valence-corrected chi connectivity index (χ0v) is 16.7. The summed E-state index contributed by atoms with van der Waals surface area (Å²) in [4.78, 5) is 31.1. The van der Waals surface area contributed by atoms with Gasteiger partial charge in [0.25, 0.3) is 11.6 Å². The van der Waals surface area contributed by atoms with Crippen LogP contribution in [0.2, 0.25) is 0 Å². The summed E-state index contributed by atoms with van der Waals surface area (Å²) in [5, 5.41) is 17.4. The Bertz CT molecular complexity index is 1370. The molecule has 0 radical (unpaired) electrons. The molecule has 10 nitrogen and oxygen atoms in total. The Labute approximate surface area is 182 Å². The maximum atomic E-state index is 13.3. The van der Waals surface area contributed by atoms with Crippen LogP contribution in [-0.2, 0) is 6.18 Å². The first kappa shape index (κ1) is 21.7. The molecule has 1 aromatic carbocycles. The van der Waals surface area contributed by atoms with Crippen molar-refractivity contribution in [3.8, 4) is 11.5 Å². The molecule has 0 aliphatic carbocycles. The first-order valence-corrected chi connectivity index (χ1v) is 9.23. The number of carbonyl (C=O) groups excluding carboxylic acids is 1. The zero-order chi connectivity index (χ0) is 23.8. The molecular formula is C20H13F3N6O4. The van der Waals surface area contributed by atoms with E-state index in [-0.39, 0.29) is 34.2 Å². The second-order valence-electron chi connectivity index (χ2n) is 6.80. The van der Waals surface area contributed by atoms with Gasteiger partial charge in [-0.05, 0) is 25.1 Å². The van der Waals surface area contributed by atoms with Crippen molar-refractivity contribution in [1.29, 1.82) is 0 Å². The third-order valence-corrected chi connectivity index (χ3v) is 4.31. The molecule has 0 spiro atoms. The van der Waals surface area contributed by atoms with Crippen molar-refractivity contribution in [2.24, 2.45) is 0 Å². The van der Waals surface area contributed by atoms with Gasteiger partial charge in [-0.1, -0.05) is 0 Å². The van der Waals surface area contributed by atoms with E-state index in [0.717, 1.165) is 24.3 Å². The normalized spacial score (nSPS) is 11.4. The maximum absolute atomic E-state index is 13.3. The second kappa shape index (κ2) is 8.18. The first-order valence-electron chi connectivity index (χ1n) is 9.23. The fraction of sp³-hybridized carbons (Fsp3) is 0.100. The van der Waals surface area contributed by atoms with E-state index in [9.17, 15) is 28.1 Å². The van der Waals surface area contributed by atoms with Crippen molar-refractivity contribution >= 4 is 22.9 Å². The van der Waals surface area contributed by atoms with E-state index in [1.54, 1.807) is 12.1 Å². The summed E-state index contributed by atoms with van der Waals surface area (Å²) in [5.41, 5.74) is -1.93. The van der Waals surface area contributed by atoms with E-state index in [4.69, 9.17) is 4.74 Å². The summed E-state index contributed by atoms with van der Waals surface area (Å²) in [6.07, 6.45) is -1.81. The van der Waals surface area contributed by atoms with Gasteiger partial charge in [0.1, 0.15) is 17.2 Å². The number of nitro groups is 1. The number of halogens is 3. The number of fused-ring (bicyclic) bond motifs is 1. The molecule has 0 fully saturated rings. The Balaban J connectivity index is 1.67. The molecule has 0 unspecified atom stereocenters. The number of hydrogen-bond donors (Lipinski definition) is 1. The lowest BCUT2D eigenvalue weighted by Crippen LogP contribution is -2.16. The highest BCUT2D eigenvalue weighted by atomic mass is 19.4. The highest BCUT2D eigenvalue weighted by molar-refractivity contribution is 6.03. The van der Waals surface area contributed by atoms with Crippen LogP contribution in [0.25, 0.3) is 5.65 Å². The lowest BCUT2D eigenvalue weighted by Gasteiger charge is -2.09. The van der Waals surface area contributed by atoms with E-state index < -0.39 is 22.7 Å². The Morgan fingerprint density at radius 2 is 1.97 bits per heavy atom. The molecule has 13 heteroatoms. The number of aryl methyl sites for hydroxylation is 1. The number of anilines is 1. The van der Waals surface area contributed by atoms with Crippen LogP contribution in [0, 0.1) is 17.0 Å². The monoisotopic (exact) mass is 458 g/mol. The highest BCUT2D eigenvalue weighted by Crippen LogP contribution is 2.31. The molecule has 4 rings (SSSR count). The molecule has 3 aromatic heterocycles. The molecule has 168 valence electrons. The van der Waals surface area contributed by atoms with Crippen LogP contribution in [0.5, 0.6) is 11.5 Å². The minimum atomic E-state index is -4.72. The van der Waals surface area contributed by atoms with Crippen LogP contribution < -0.4 is 10.1 Å². The van der Waals surface area contributed by atoms with Gasteiger partial charge in [-0.25, -0.2) is 9.50 Å². The predicted molar refractivity (Wildman–Crippen MR) is 108 cm³/mol. The van der Waals surface area contributed by atoms with Gasteiger partial charge in [0.15, 0.2) is 11.3 Å². The molecule has 1 amide bonds. The van der Waals surface area contributed by atoms with E-state index >= 15 is 0 Å². The van der Waals surface area contributed by atoms with Gasteiger partial charge in [-0.2, -0.15) is 18.3 Å². The fourth-order valence-corrected chi connectivity index (χ4v) is 2.97. The maximum Gasteiger partial charge on any atom is 0.433 e. The molecular weight excluding hydrogens is 445 g/mol. The van der Waals surface area contributed by atoms with Crippen LogP contribution in [0.3, 0.4) is 0 Å².